The summed E-state index contributed by atoms with van der Waals surface area (Å²) < 4.78 is 5.85. The molecule has 0 saturated carbocycles. The average Bonchev–Trinajstić information content (AvgIpc) is 2.73. The number of pyridine rings is 1. The van der Waals surface area contributed by atoms with E-state index in [0.717, 1.165) is 22.3 Å². The van der Waals surface area contributed by atoms with Crippen LogP contribution in [0.1, 0.15) is 16.7 Å². The molecule has 0 aliphatic rings. The second kappa shape index (κ2) is 9.48. The molecular weight excluding hydrogens is 338 g/mol. The minimum Gasteiger partial charge on any atom is -0.473 e. The normalized spacial score (nSPS) is 10.4. The Morgan fingerprint density at radius 3 is 2.52 bits per heavy atom. The molecule has 2 N–H and O–H groups in total. The predicted octanol–water partition coefficient (Wildman–Crippen LogP) is 3.28. The van der Waals surface area contributed by atoms with E-state index < -0.39 is 0 Å². The van der Waals surface area contributed by atoms with Crippen LogP contribution in [-0.2, 0) is 13.2 Å². The van der Waals surface area contributed by atoms with Crippen LogP contribution in [0.4, 0.5) is 0 Å². The minimum atomic E-state index is 0.114. The number of hydrogen-bond donors (Lipinski definition) is 2. The highest BCUT2D eigenvalue weighted by Crippen LogP contribution is 2.27. The molecule has 2 aromatic carbocycles. The quantitative estimate of drug-likeness (QED) is 0.604. The van der Waals surface area contributed by atoms with Crippen molar-refractivity contribution in [3.63, 3.8) is 0 Å². The number of nitriles is 1. The van der Waals surface area contributed by atoms with Crippen molar-refractivity contribution in [3.8, 4) is 23.1 Å². The van der Waals surface area contributed by atoms with Crippen molar-refractivity contribution in [2.24, 2.45) is 0 Å². The number of hydrogen-bond acceptors (Lipinski definition) is 5. The third kappa shape index (κ3) is 4.91. The first kappa shape index (κ1) is 18.6. The molecule has 0 radical (unpaired) electrons. The first-order valence-electron chi connectivity index (χ1n) is 8.78. The van der Waals surface area contributed by atoms with Crippen LogP contribution in [-0.4, -0.2) is 23.2 Å². The van der Waals surface area contributed by atoms with Crippen LogP contribution in [0.15, 0.2) is 66.9 Å². The Labute approximate surface area is 158 Å². The highest BCUT2D eigenvalue weighted by Gasteiger charge is 2.09. The van der Waals surface area contributed by atoms with Gasteiger partial charge in [0.05, 0.1) is 18.2 Å². The number of nitrogens with zero attached hydrogens (tertiary/aromatic N) is 2. The lowest BCUT2D eigenvalue weighted by molar-refractivity contribution is 0.291. The third-order valence-corrected chi connectivity index (χ3v) is 4.15. The van der Waals surface area contributed by atoms with Crippen molar-refractivity contribution < 1.29 is 9.84 Å². The molecule has 3 rings (SSSR count). The van der Waals surface area contributed by atoms with Gasteiger partial charge in [0.15, 0.2) is 0 Å². The van der Waals surface area contributed by atoms with E-state index in [1.165, 1.54) is 0 Å². The molecular formula is C22H21N3O2. The fourth-order valence-corrected chi connectivity index (χ4v) is 2.79. The number of ether oxygens (including phenoxy) is 1. The van der Waals surface area contributed by atoms with E-state index >= 15 is 0 Å². The maximum Gasteiger partial charge on any atom is 0.213 e. The Morgan fingerprint density at radius 2 is 1.78 bits per heavy atom. The summed E-state index contributed by atoms with van der Waals surface area (Å²) in [5, 5.41) is 21.3. The largest absolute Gasteiger partial charge is 0.473 e. The zero-order chi connectivity index (χ0) is 18.9. The van der Waals surface area contributed by atoms with Gasteiger partial charge in [0.1, 0.15) is 6.61 Å². The summed E-state index contributed by atoms with van der Waals surface area (Å²) in [5.74, 6) is 0.546. The van der Waals surface area contributed by atoms with Crippen molar-refractivity contribution in [1.29, 1.82) is 5.26 Å². The first-order chi connectivity index (χ1) is 13.3. The Hall–Kier alpha value is -3.20. The lowest BCUT2D eigenvalue weighted by Gasteiger charge is -2.12. The smallest absolute Gasteiger partial charge is 0.213 e. The van der Waals surface area contributed by atoms with E-state index in [4.69, 9.17) is 9.84 Å². The molecule has 0 spiro atoms. The van der Waals surface area contributed by atoms with E-state index in [0.29, 0.717) is 31.1 Å². The lowest BCUT2D eigenvalue weighted by atomic mass is 9.96. The average molecular weight is 359 g/mol. The lowest BCUT2D eigenvalue weighted by Crippen LogP contribution is -2.17. The summed E-state index contributed by atoms with van der Waals surface area (Å²) in [7, 11) is 0. The maximum absolute atomic E-state index is 9.37. The van der Waals surface area contributed by atoms with Crippen LogP contribution in [0.5, 0.6) is 5.88 Å². The zero-order valence-corrected chi connectivity index (χ0v) is 14.9. The fraction of sp³-hybridized carbons (Fsp3) is 0.182. The van der Waals surface area contributed by atoms with Gasteiger partial charge in [-0.3, -0.25) is 0 Å². The van der Waals surface area contributed by atoms with Crippen molar-refractivity contribution in [2.75, 3.05) is 13.2 Å². The highest BCUT2D eigenvalue weighted by molar-refractivity contribution is 5.73. The molecule has 0 amide bonds. The summed E-state index contributed by atoms with van der Waals surface area (Å²) in [6.07, 6.45) is 1.76. The predicted molar refractivity (Wildman–Crippen MR) is 104 cm³/mol. The van der Waals surface area contributed by atoms with Crippen LogP contribution in [0.3, 0.4) is 0 Å². The number of aliphatic hydroxyl groups excluding tert-OH is 1. The van der Waals surface area contributed by atoms with Crippen LogP contribution >= 0.6 is 0 Å². The third-order valence-electron chi connectivity index (χ3n) is 4.15. The van der Waals surface area contributed by atoms with Crippen LogP contribution < -0.4 is 10.1 Å². The SMILES string of the molecule is N#Cc1ccccc1-c1ccccc1COc1ccc(CNCCO)cn1. The minimum absolute atomic E-state index is 0.114. The summed E-state index contributed by atoms with van der Waals surface area (Å²) >= 11 is 0. The Bertz CT molecular complexity index is 917. The molecule has 1 heterocycles. The second-order valence-electron chi connectivity index (χ2n) is 6.01. The van der Waals surface area contributed by atoms with Crippen LogP contribution in [0.2, 0.25) is 0 Å². The van der Waals surface area contributed by atoms with E-state index in [-0.39, 0.29) is 6.61 Å². The topological polar surface area (TPSA) is 78.2 Å². The van der Waals surface area contributed by atoms with Crippen LogP contribution in [0.25, 0.3) is 11.1 Å². The summed E-state index contributed by atoms with van der Waals surface area (Å²) in [4.78, 5) is 4.33. The van der Waals surface area contributed by atoms with Gasteiger partial charge in [-0.05, 0) is 28.3 Å². The molecule has 5 nitrogen and oxygen atoms in total. The maximum atomic E-state index is 9.37. The second-order valence-corrected chi connectivity index (χ2v) is 6.01. The molecule has 0 fully saturated rings. The number of benzene rings is 2. The van der Waals surface area contributed by atoms with E-state index in [1.807, 2.05) is 60.7 Å². The van der Waals surface area contributed by atoms with Gasteiger partial charge in [-0.2, -0.15) is 5.26 Å². The Balaban J connectivity index is 1.71. The van der Waals surface area contributed by atoms with Crippen molar-refractivity contribution in [3.05, 3.63) is 83.6 Å². The van der Waals surface area contributed by atoms with Gasteiger partial charge in [-0.15, -0.1) is 0 Å². The molecule has 0 atom stereocenters. The molecule has 0 aliphatic carbocycles. The van der Waals surface area contributed by atoms with E-state index in [2.05, 4.69) is 16.4 Å². The van der Waals surface area contributed by atoms with Crippen LogP contribution in [0, 0.1) is 11.3 Å². The van der Waals surface area contributed by atoms with Crippen molar-refractivity contribution >= 4 is 0 Å². The van der Waals surface area contributed by atoms with Crippen molar-refractivity contribution in [2.45, 2.75) is 13.2 Å². The molecule has 136 valence electrons. The van der Waals surface area contributed by atoms with E-state index in [9.17, 15) is 5.26 Å². The van der Waals surface area contributed by atoms with Gasteiger partial charge in [0.2, 0.25) is 5.88 Å². The van der Waals surface area contributed by atoms with Gasteiger partial charge < -0.3 is 15.2 Å². The first-order valence-corrected chi connectivity index (χ1v) is 8.78. The number of aliphatic hydroxyl groups is 1. The van der Waals surface area contributed by atoms with E-state index in [1.54, 1.807) is 6.20 Å². The molecule has 0 unspecified atom stereocenters. The fourth-order valence-electron chi connectivity index (χ4n) is 2.79. The molecule has 3 aromatic rings. The van der Waals surface area contributed by atoms with Gasteiger partial charge in [-0.1, -0.05) is 48.5 Å². The van der Waals surface area contributed by atoms with Gasteiger partial charge in [0, 0.05) is 25.4 Å². The molecule has 5 heteroatoms. The number of aromatic nitrogens is 1. The molecule has 0 saturated heterocycles. The summed E-state index contributed by atoms with van der Waals surface area (Å²) in [5.41, 5.74) is 4.55. The zero-order valence-electron chi connectivity index (χ0n) is 14.9. The highest BCUT2D eigenvalue weighted by atomic mass is 16.5. The van der Waals surface area contributed by atoms with Gasteiger partial charge in [0.25, 0.3) is 0 Å². The molecule has 0 bridgehead atoms. The van der Waals surface area contributed by atoms with Gasteiger partial charge in [-0.25, -0.2) is 4.98 Å². The monoisotopic (exact) mass is 359 g/mol. The molecule has 0 aliphatic heterocycles. The summed E-state index contributed by atoms with van der Waals surface area (Å²) in [6.45, 7) is 1.69. The number of rotatable bonds is 8. The Morgan fingerprint density at radius 1 is 1.00 bits per heavy atom. The van der Waals surface area contributed by atoms with Gasteiger partial charge >= 0.3 is 0 Å². The standard InChI is InChI=1S/C22H21N3O2/c23-13-18-5-1-3-7-20(18)21-8-4-2-6-19(21)16-27-22-10-9-17(15-25-22)14-24-11-12-26/h1-10,15,24,26H,11-12,14,16H2. The Kier molecular flexibility index (Phi) is 6.53. The molecule has 27 heavy (non-hydrogen) atoms. The number of nitrogens with one attached hydrogen (secondary N) is 1. The molecule has 1 aromatic heterocycles. The van der Waals surface area contributed by atoms with Crippen molar-refractivity contribution in [1.82, 2.24) is 10.3 Å². The summed E-state index contributed by atoms with van der Waals surface area (Å²) in [6, 6.07) is 21.5.